The van der Waals surface area contributed by atoms with E-state index in [1.807, 2.05) is 17.0 Å². The molecule has 1 amide bonds. The highest BCUT2D eigenvalue weighted by Crippen LogP contribution is 2.23. The van der Waals surface area contributed by atoms with Crippen LogP contribution in [0.2, 0.25) is 0 Å². The number of carbonyl (C=O) groups is 1. The Morgan fingerprint density at radius 1 is 1.24 bits per heavy atom. The Morgan fingerprint density at radius 3 is 2.29 bits per heavy atom. The topological polar surface area (TPSA) is 32.3 Å². The lowest BCUT2D eigenvalue weighted by molar-refractivity contribution is 0.0626. The fourth-order valence-corrected chi connectivity index (χ4v) is 2.96. The predicted molar refractivity (Wildman–Crippen MR) is 87.7 cm³/mol. The summed E-state index contributed by atoms with van der Waals surface area (Å²) in [6, 6.07) is 8.66. The van der Waals surface area contributed by atoms with Gasteiger partial charge in [0.05, 0.1) is 0 Å². The molecule has 116 valence electrons. The van der Waals surface area contributed by atoms with Gasteiger partial charge in [-0.15, -0.1) is 0 Å². The van der Waals surface area contributed by atoms with Gasteiger partial charge in [0.15, 0.2) is 0 Å². The average molecular weight is 288 g/mol. The number of rotatable bonds is 3. The summed E-state index contributed by atoms with van der Waals surface area (Å²) < 4.78 is 0. The normalized spacial score (nSPS) is 19.0. The second kappa shape index (κ2) is 6.18. The first kappa shape index (κ1) is 16.0. The highest BCUT2D eigenvalue weighted by Gasteiger charge is 2.29. The molecule has 21 heavy (non-hydrogen) atoms. The fraction of sp³-hybridized carbons (Fsp3) is 0.611. The molecule has 1 aliphatic heterocycles. The number of hydrogen-bond acceptors (Lipinski definition) is 2. The molecule has 0 aliphatic carbocycles. The van der Waals surface area contributed by atoms with Gasteiger partial charge in [-0.2, -0.15) is 0 Å². The maximum atomic E-state index is 12.8. The Balaban J connectivity index is 2.20. The third-order valence-electron chi connectivity index (χ3n) is 4.22. The van der Waals surface area contributed by atoms with E-state index in [4.69, 9.17) is 0 Å². The van der Waals surface area contributed by atoms with Crippen molar-refractivity contribution in [2.75, 3.05) is 13.1 Å². The van der Waals surface area contributed by atoms with Crippen molar-refractivity contribution in [3.63, 3.8) is 0 Å². The molecule has 0 aromatic heterocycles. The van der Waals surface area contributed by atoms with Crippen molar-refractivity contribution < 1.29 is 4.79 Å². The van der Waals surface area contributed by atoms with Crippen LogP contribution in [0.4, 0.5) is 0 Å². The van der Waals surface area contributed by atoms with Gasteiger partial charge in [0.2, 0.25) is 0 Å². The van der Waals surface area contributed by atoms with Crippen LogP contribution in [0, 0.1) is 0 Å². The lowest BCUT2D eigenvalue weighted by Gasteiger charge is -2.32. The third kappa shape index (κ3) is 3.65. The van der Waals surface area contributed by atoms with E-state index in [9.17, 15) is 4.79 Å². The highest BCUT2D eigenvalue weighted by molar-refractivity contribution is 5.94. The average Bonchev–Trinajstić information content (AvgIpc) is 2.91. The molecule has 0 bridgehead atoms. The smallest absolute Gasteiger partial charge is 0.254 e. The molecular formula is C18H28N2O. The van der Waals surface area contributed by atoms with Gasteiger partial charge in [0, 0.05) is 24.2 Å². The van der Waals surface area contributed by atoms with Crippen LogP contribution in [-0.4, -0.2) is 36.0 Å². The van der Waals surface area contributed by atoms with Gasteiger partial charge >= 0.3 is 0 Å². The van der Waals surface area contributed by atoms with E-state index in [1.54, 1.807) is 0 Å². The minimum Gasteiger partial charge on any atom is -0.332 e. The summed E-state index contributed by atoms with van der Waals surface area (Å²) in [7, 11) is 0. The van der Waals surface area contributed by atoms with E-state index in [0.29, 0.717) is 6.04 Å². The van der Waals surface area contributed by atoms with E-state index in [-0.39, 0.29) is 17.4 Å². The van der Waals surface area contributed by atoms with Gasteiger partial charge in [-0.05, 0) is 49.9 Å². The third-order valence-corrected chi connectivity index (χ3v) is 4.22. The van der Waals surface area contributed by atoms with E-state index in [2.05, 4.69) is 52.1 Å². The Bertz CT molecular complexity index is 479. The van der Waals surface area contributed by atoms with Crippen LogP contribution < -0.4 is 5.32 Å². The van der Waals surface area contributed by atoms with Crippen molar-refractivity contribution in [3.8, 4) is 0 Å². The van der Waals surface area contributed by atoms with Crippen molar-refractivity contribution in [1.29, 1.82) is 0 Å². The number of amides is 1. The molecule has 1 atom stereocenters. The molecule has 1 saturated heterocycles. The molecule has 1 aromatic rings. The molecule has 3 nitrogen and oxygen atoms in total. The fourth-order valence-electron chi connectivity index (χ4n) is 2.96. The number of nitrogens with zero attached hydrogens (tertiary/aromatic N) is 1. The minimum atomic E-state index is 0.120. The maximum Gasteiger partial charge on any atom is 0.254 e. The first-order valence-corrected chi connectivity index (χ1v) is 7.94. The molecule has 1 heterocycles. The largest absolute Gasteiger partial charge is 0.332 e. The van der Waals surface area contributed by atoms with E-state index in [0.717, 1.165) is 25.1 Å². The van der Waals surface area contributed by atoms with Crippen LogP contribution >= 0.6 is 0 Å². The summed E-state index contributed by atoms with van der Waals surface area (Å²) in [6.45, 7) is 12.7. The summed E-state index contributed by atoms with van der Waals surface area (Å²) >= 11 is 0. The Hall–Kier alpha value is -1.35. The second-order valence-electron chi connectivity index (χ2n) is 7.28. The standard InChI is InChI=1S/C18H28N2O/c1-13(2)20(16-10-11-19-12-16)17(21)14-6-8-15(9-7-14)18(3,4)5/h6-9,13,16,19H,10-12H2,1-5H3. The van der Waals surface area contributed by atoms with Crippen LogP contribution in [0.3, 0.4) is 0 Å². The molecule has 1 fully saturated rings. The Kier molecular flexibility index (Phi) is 4.72. The van der Waals surface area contributed by atoms with Crippen LogP contribution in [0.25, 0.3) is 0 Å². The van der Waals surface area contributed by atoms with Gasteiger partial charge in [0.25, 0.3) is 5.91 Å². The molecule has 1 aromatic carbocycles. The molecular weight excluding hydrogens is 260 g/mol. The lowest BCUT2D eigenvalue weighted by Crippen LogP contribution is -2.45. The molecule has 1 unspecified atom stereocenters. The summed E-state index contributed by atoms with van der Waals surface area (Å²) in [6.07, 6.45) is 1.05. The van der Waals surface area contributed by atoms with Crippen LogP contribution in [0.1, 0.15) is 57.0 Å². The predicted octanol–water partition coefficient (Wildman–Crippen LogP) is 3.20. The first-order chi connectivity index (χ1) is 9.80. The summed E-state index contributed by atoms with van der Waals surface area (Å²) in [5, 5.41) is 3.35. The highest BCUT2D eigenvalue weighted by atomic mass is 16.2. The maximum absolute atomic E-state index is 12.8. The molecule has 1 aliphatic rings. The minimum absolute atomic E-state index is 0.120. The first-order valence-electron chi connectivity index (χ1n) is 7.94. The van der Waals surface area contributed by atoms with Crippen LogP contribution in [0.15, 0.2) is 24.3 Å². The SMILES string of the molecule is CC(C)N(C(=O)c1ccc(C(C)(C)C)cc1)C1CCNC1. The van der Waals surface area contributed by atoms with E-state index in [1.165, 1.54) is 5.56 Å². The molecule has 0 radical (unpaired) electrons. The van der Waals surface area contributed by atoms with Crippen molar-refractivity contribution in [2.24, 2.45) is 0 Å². The summed E-state index contributed by atoms with van der Waals surface area (Å²) in [4.78, 5) is 14.9. The Labute approximate surface area is 128 Å². The van der Waals surface area contributed by atoms with Crippen LogP contribution in [-0.2, 0) is 5.41 Å². The quantitative estimate of drug-likeness (QED) is 0.926. The van der Waals surface area contributed by atoms with Gasteiger partial charge < -0.3 is 10.2 Å². The Morgan fingerprint density at radius 2 is 1.86 bits per heavy atom. The molecule has 0 saturated carbocycles. The van der Waals surface area contributed by atoms with E-state index >= 15 is 0 Å². The number of nitrogens with one attached hydrogen (secondary N) is 1. The summed E-state index contributed by atoms with van der Waals surface area (Å²) in [5.74, 6) is 0.152. The van der Waals surface area contributed by atoms with Crippen molar-refractivity contribution >= 4 is 5.91 Å². The molecule has 3 heteroatoms. The van der Waals surface area contributed by atoms with Crippen molar-refractivity contribution in [3.05, 3.63) is 35.4 Å². The van der Waals surface area contributed by atoms with Gasteiger partial charge in [-0.1, -0.05) is 32.9 Å². The number of carbonyl (C=O) groups excluding carboxylic acids is 1. The number of hydrogen-bond donors (Lipinski definition) is 1. The van der Waals surface area contributed by atoms with E-state index < -0.39 is 0 Å². The van der Waals surface area contributed by atoms with Crippen molar-refractivity contribution in [2.45, 2.75) is 58.5 Å². The zero-order chi connectivity index (χ0) is 15.6. The number of benzene rings is 1. The second-order valence-corrected chi connectivity index (χ2v) is 7.28. The zero-order valence-corrected chi connectivity index (χ0v) is 13.9. The molecule has 1 N–H and O–H groups in total. The molecule has 2 rings (SSSR count). The summed E-state index contributed by atoms with van der Waals surface area (Å²) in [5.41, 5.74) is 2.18. The van der Waals surface area contributed by atoms with Crippen molar-refractivity contribution in [1.82, 2.24) is 10.2 Å². The lowest BCUT2D eigenvalue weighted by atomic mass is 9.86. The van der Waals surface area contributed by atoms with Crippen LogP contribution in [0.5, 0.6) is 0 Å². The van der Waals surface area contributed by atoms with Gasteiger partial charge in [-0.25, -0.2) is 0 Å². The zero-order valence-electron chi connectivity index (χ0n) is 13.9. The molecule has 0 spiro atoms. The monoisotopic (exact) mass is 288 g/mol. The van der Waals surface area contributed by atoms with Gasteiger partial charge in [-0.3, -0.25) is 4.79 Å². The van der Waals surface area contributed by atoms with Gasteiger partial charge in [0.1, 0.15) is 0 Å².